The third-order valence-electron chi connectivity index (χ3n) is 12.5. The second kappa shape index (κ2) is 52.3. The highest BCUT2D eigenvalue weighted by Crippen LogP contribution is 2.16. The molecule has 8 nitrogen and oxygen atoms in total. The van der Waals surface area contributed by atoms with Crippen molar-refractivity contribution in [3.05, 3.63) is 24.3 Å². The van der Waals surface area contributed by atoms with E-state index in [0.29, 0.717) is 19.3 Å². The average Bonchev–Trinajstić information content (AvgIpc) is 3.29. The van der Waals surface area contributed by atoms with Crippen LogP contribution in [0, 0.1) is 0 Å². The summed E-state index contributed by atoms with van der Waals surface area (Å²) in [5.41, 5.74) is 0. The Morgan fingerprint density at radius 1 is 0.338 bits per heavy atom. The van der Waals surface area contributed by atoms with Gasteiger partial charge in [0.1, 0.15) is 13.2 Å². The Kier molecular flexibility index (Phi) is 50.2. The van der Waals surface area contributed by atoms with Crippen LogP contribution >= 0.6 is 0 Å². The van der Waals surface area contributed by atoms with Crippen molar-refractivity contribution >= 4 is 23.9 Å². The van der Waals surface area contributed by atoms with Crippen LogP contribution in [0.25, 0.3) is 0 Å². The van der Waals surface area contributed by atoms with Crippen LogP contribution in [0.4, 0.5) is 0 Å². The highest BCUT2D eigenvalue weighted by Gasteiger charge is 2.19. The number of carboxylic acids is 1. The maximum absolute atomic E-state index is 12.8. The van der Waals surface area contributed by atoms with Crippen molar-refractivity contribution < 1.29 is 38.5 Å². The number of hydrogen-bond donors (Lipinski definition) is 1. The van der Waals surface area contributed by atoms with Gasteiger partial charge >= 0.3 is 23.9 Å². The van der Waals surface area contributed by atoms with Crippen LogP contribution in [0.5, 0.6) is 0 Å². The lowest BCUT2D eigenvalue weighted by molar-refractivity contribution is -0.167. The molecule has 0 rings (SSSR count). The minimum atomic E-state index is -0.797. The molecule has 0 aromatic carbocycles. The van der Waals surface area contributed by atoms with E-state index in [0.717, 1.165) is 122 Å². The zero-order chi connectivity index (χ0) is 47.4. The van der Waals surface area contributed by atoms with E-state index in [9.17, 15) is 19.2 Å². The van der Waals surface area contributed by atoms with Gasteiger partial charge in [0.25, 0.3) is 0 Å². The molecule has 380 valence electrons. The van der Waals surface area contributed by atoms with Gasteiger partial charge in [-0.1, -0.05) is 218 Å². The zero-order valence-corrected chi connectivity index (χ0v) is 42.7. The first-order chi connectivity index (χ1) is 31.9. The van der Waals surface area contributed by atoms with Crippen LogP contribution in [0.2, 0.25) is 0 Å². The fourth-order valence-corrected chi connectivity index (χ4v) is 8.22. The summed E-state index contributed by atoms with van der Waals surface area (Å²) in [4.78, 5) is 48.7. The van der Waals surface area contributed by atoms with Crippen LogP contribution in [-0.2, 0) is 33.4 Å². The van der Waals surface area contributed by atoms with Crippen molar-refractivity contribution in [1.82, 2.24) is 0 Å². The molecule has 8 heteroatoms. The van der Waals surface area contributed by atoms with Crippen molar-refractivity contribution in [1.29, 1.82) is 0 Å². The quantitative estimate of drug-likeness (QED) is 0.0278. The summed E-state index contributed by atoms with van der Waals surface area (Å²) in [5, 5.41) is 8.71. The molecule has 1 atom stereocenters. The lowest BCUT2D eigenvalue weighted by Crippen LogP contribution is -2.30. The number of allylic oxidation sites excluding steroid dienone is 4. The van der Waals surface area contributed by atoms with Crippen molar-refractivity contribution in [2.24, 2.45) is 0 Å². The molecule has 0 aromatic rings. The fraction of sp³-hybridized carbons (Fsp3) is 0.860. The molecule has 1 N–H and O–H groups in total. The first-order valence-corrected chi connectivity index (χ1v) is 27.9. The molecule has 0 aromatic heterocycles. The highest BCUT2D eigenvalue weighted by atomic mass is 16.6. The predicted octanol–water partition coefficient (Wildman–Crippen LogP) is 17.4. The molecular formula is C57H104O8. The maximum atomic E-state index is 12.8. The second-order valence-corrected chi connectivity index (χ2v) is 19.0. The van der Waals surface area contributed by atoms with Crippen LogP contribution in [0.1, 0.15) is 296 Å². The lowest BCUT2D eigenvalue weighted by atomic mass is 10.0. The molecule has 0 heterocycles. The van der Waals surface area contributed by atoms with E-state index in [4.69, 9.17) is 19.3 Å². The minimum Gasteiger partial charge on any atom is -0.481 e. The fourth-order valence-electron chi connectivity index (χ4n) is 8.22. The van der Waals surface area contributed by atoms with E-state index in [-0.39, 0.29) is 37.5 Å². The molecular weight excluding hydrogens is 813 g/mol. The molecule has 0 aliphatic carbocycles. The predicted molar refractivity (Wildman–Crippen MR) is 272 cm³/mol. The molecule has 1 unspecified atom stereocenters. The van der Waals surface area contributed by atoms with Crippen LogP contribution < -0.4 is 0 Å². The van der Waals surface area contributed by atoms with E-state index < -0.39 is 12.1 Å². The SMILES string of the molecule is CCCCCCCC/C=C\CCCCCCCC(=O)OCC(COC(=O)CCCCCCCCCCCCCCCCC)OC(=O)CCCCCCC/C=C/CCCCCCCC(=O)O. The zero-order valence-electron chi connectivity index (χ0n) is 42.7. The summed E-state index contributed by atoms with van der Waals surface area (Å²) in [6, 6.07) is 0. The molecule has 0 bridgehead atoms. The molecule has 0 aliphatic heterocycles. The third kappa shape index (κ3) is 52.2. The van der Waals surface area contributed by atoms with Gasteiger partial charge in [0.2, 0.25) is 0 Å². The minimum absolute atomic E-state index is 0.0929. The van der Waals surface area contributed by atoms with Crippen LogP contribution in [0.15, 0.2) is 24.3 Å². The van der Waals surface area contributed by atoms with Gasteiger partial charge in [-0.2, -0.15) is 0 Å². The summed E-state index contributed by atoms with van der Waals surface area (Å²) in [7, 11) is 0. The van der Waals surface area contributed by atoms with Gasteiger partial charge < -0.3 is 19.3 Å². The number of ether oxygens (including phenoxy) is 3. The Morgan fingerprint density at radius 3 is 0.877 bits per heavy atom. The normalized spacial score (nSPS) is 12.0. The van der Waals surface area contributed by atoms with Crippen molar-refractivity contribution in [2.45, 2.75) is 302 Å². The van der Waals surface area contributed by atoms with E-state index in [1.165, 1.54) is 135 Å². The number of rotatable bonds is 52. The Labute approximate surface area is 401 Å². The first-order valence-electron chi connectivity index (χ1n) is 27.9. The summed E-state index contributed by atoms with van der Waals surface area (Å²) in [6.07, 6.45) is 56.6. The standard InChI is InChI=1S/C57H104O8/c1-3-5-7-9-11-13-15-17-19-24-28-32-36-40-44-48-55(60)63-51-53(52-64-56(61)49-45-41-37-33-29-25-20-18-16-14-12-10-8-6-4-2)65-57(62)50-46-42-38-34-30-26-22-21-23-27-31-35-39-43-47-54(58)59/h17,19,21-22,53H,3-16,18,20,23-52H2,1-2H3,(H,58,59)/b19-17-,22-21+. The van der Waals surface area contributed by atoms with Gasteiger partial charge in [0, 0.05) is 25.7 Å². The monoisotopic (exact) mass is 917 g/mol. The molecule has 0 fully saturated rings. The van der Waals surface area contributed by atoms with E-state index >= 15 is 0 Å². The van der Waals surface area contributed by atoms with Crippen LogP contribution in [-0.4, -0.2) is 48.3 Å². The van der Waals surface area contributed by atoms with Crippen molar-refractivity contribution in [3.8, 4) is 0 Å². The Bertz CT molecular complexity index is 1120. The van der Waals surface area contributed by atoms with E-state index in [1.54, 1.807) is 0 Å². The molecule has 65 heavy (non-hydrogen) atoms. The summed E-state index contributed by atoms with van der Waals surface area (Å²) in [6.45, 7) is 4.34. The molecule has 0 saturated carbocycles. The summed E-state index contributed by atoms with van der Waals surface area (Å²) < 4.78 is 16.8. The van der Waals surface area contributed by atoms with Crippen molar-refractivity contribution in [3.63, 3.8) is 0 Å². The molecule has 0 spiro atoms. The first kappa shape index (κ1) is 62.4. The number of aliphatic carboxylic acids is 1. The van der Waals surface area contributed by atoms with Crippen molar-refractivity contribution in [2.75, 3.05) is 13.2 Å². The van der Waals surface area contributed by atoms with Gasteiger partial charge in [-0.15, -0.1) is 0 Å². The molecule has 0 saturated heterocycles. The van der Waals surface area contributed by atoms with Gasteiger partial charge in [-0.3, -0.25) is 19.2 Å². The van der Waals surface area contributed by atoms with Gasteiger partial charge in [-0.25, -0.2) is 0 Å². The summed E-state index contributed by atoms with van der Waals surface area (Å²) in [5.74, 6) is -1.63. The molecule has 0 aliphatic rings. The largest absolute Gasteiger partial charge is 0.481 e. The summed E-state index contributed by atoms with van der Waals surface area (Å²) >= 11 is 0. The second-order valence-electron chi connectivity index (χ2n) is 19.0. The van der Waals surface area contributed by atoms with Gasteiger partial charge in [-0.05, 0) is 77.0 Å². The Morgan fingerprint density at radius 2 is 0.585 bits per heavy atom. The topological polar surface area (TPSA) is 116 Å². The number of hydrogen-bond acceptors (Lipinski definition) is 7. The Hall–Kier alpha value is -2.64. The maximum Gasteiger partial charge on any atom is 0.306 e. The highest BCUT2D eigenvalue weighted by molar-refractivity contribution is 5.71. The number of esters is 3. The molecule has 0 radical (unpaired) electrons. The number of carbonyl (C=O) groups is 4. The third-order valence-corrected chi connectivity index (χ3v) is 12.5. The Balaban J connectivity index is 4.37. The molecule has 0 amide bonds. The number of unbranched alkanes of at least 4 members (excludes halogenated alkanes) is 35. The smallest absolute Gasteiger partial charge is 0.306 e. The van der Waals surface area contributed by atoms with Gasteiger partial charge in [0.15, 0.2) is 6.10 Å². The van der Waals surface area contributed by atoms with Crippen LogP contribution in [0.3, 0.4) is 0 Å². The average molecular weight is 917 g/mol. The number of carbonyl (C=O) groups excluding carboxylic acids is 3. The lowest BCUT2D eigenvalue weighted by Gasteiger charge is -2.18. The van der Waals surface area contributed by atoms with E-state index in [2.05, 4.69) is 38.2 Å². The number of carboxylic acid groups (broad SMARTS) is 1. The van der Waals surface area contributed by atoms with E-state index in [1.807, 2.05) is 0 Å². The van der Waals surface area contributed by atoms with Gasteiger partial charge in [0.05, 0.1) is 0 Å².